The second-order valence-corrected chi connectivity index (χ2v) is 4.82. The predicted molar refractivity (Wildman–Crippen MR) is 68.0 cm³/mol. The molecule has 4 heteroatoms. The molecule has 1 unspecified atom stereocenters. The first-order valence-corrected chi connectivity index (χ1v) is 5.94. The molecule has 0 saturated heterocycles. The van der Waals surface area contributed by atoms with Crippen LogP contribution in [0.1, 0.15) is 17.2 Å². The topological polar surface area (TPSA) is 43.8 Å². The molecular weight excluding hydrogens is 266 g/mol. The molecule has 0 amide bonds. The third-order valence-electron chi connectivity index (χ3n) is 2.42. The first-order valence-electron chi connectivity index (χ1n) is 5.15. The maximum absolute atomic E-state index is 6.12. The van der Waals surface area contributed by atoms with Gasteiger partial charge < -0.3 is 5.73 Å². The standard InChI is InChI=1S/C12H14BrN3/c1-9-6-15-16(7-9)8-12(14)10-3-2-4-11(13)5-10/h2-7,12H,8,14H2,1H3. The summed E-state index contributed by atoms with van der Waals surface area (Å²) < 4.78 is 2.93. The Balaban J connectivity index is 2.11. The zero-order valence-electron chi connectivity index (χ0n) is 9.10. The first kappa shape index (κ1) is 11.4. The number of aromatic nitrogens is 2. The Labute approximate surface area is 103 Å². The molecule has 0 bridgehead atoms. The van der Waals surface area contributed by atoms with Crippen LogP contribution in [-0.4, -0.2) is 9.78 Å². The van der Waals surface area contributed by atoms with Crippen molar-refractivity contribution in [3.05, 3.63) is 52.3 Å². The molecule has 1 aromatic heterocycles. The molecule has 0 radical (unpaired) electrons. The number of rotatable bonds is 3. The van der Waals surface area contributed by atoms with Crippen LogP contribution >= 0.6 is 15.9 Å². The Morgan fingerprint density at radius 1 is 1.50 bits per heavy atom. The number of halogens is 1. The summed E-state index contributed by atoms with van der Waals surface area (Å²) in [6.45, 7) is 2.72. The molecule has 0 saturated carbocycles. The molecule has 16 heavy (non-hydrogen) atoms. The van der Waals surface area contributed by atoms with Crippen molar-refractivity contribution in [2.24, 2.45) is 5.73 Å². The average molecular weight is 280 g/mol. The maximum Gasteiger partial charge on any atom is 0.0602 e. The third kappa shape index (κ3) is 2.71. The molecule has 3 nitrogen and oxygen atoms in total. The van der Waals surface area contributed by atoms with Gasteiger partial charge >= 0.3 is 0 Å². The number of aryl methyl sites for hydroxylation is 1. The minimum Gasteiger partial charge on any atom is -0.322 e. The van der Waals surface area contributed by atoms with Gasteiger partial charge in [-0.05, 0) is 30.2 Å². The van der Waals surface area contributed by atoms with E-state index in [-0.39, 0.29) is 6.04 Å². The lowest BCUT2D eigenvalue weighted by Crippen LogP contribution is -2.17. The lowest BCUT2D eigenvalue weighted by Gasteiger charge is -2.12. The second kappa shape index (κ2) is 4.80. The normalized spacial score (nSPS) is 12.7. The van der Waals surface area contributed by atoms with E-state index >= 15 is 0 Å². The molecule has 0 fully saturated rings. The van der Waals surface area contributed by atoms with Crippen LogP contribution in [0, 0.1) is 6.92 Å². The van der Waals surface area contributed by atoms with Gasteiger partial charge in [-0.15, -0.1) is 0 Å². The summed E-state index contributed by atoms with van der Waals surface area (Å²) in [5, 5.41) is 4.23. The predicted octanol–water partition coefficient (Wildman–Crippen LogP) is 2.65. The Morgan fingerprint density at radius 2 is 2.31 bits per heavy atom. The van der Waals surface area contributed by atoms with Crippen LogP contribution in [-0.2, 0) is 6.54 Å². The van der Waals surface area contributed by atoms with Crippen molar-refractivity contribution in [3.63, 3.8) is 0 Å². The van der Waals surface area contributed by atoms with Gasteiger partial charge in [0.05, 0.1) is 12.7 Å². The number of benzene rings is 1. The van der Waals surface area contributed by atoms with Gasteiger partial charge in [0.25, 0.3) is 0 Å². The van der Waals surface area contributed by atoms with E-state index in [0.29, 0.717) is 6.54 Å². The van der Waals surface area contributed by atoms with Crippen LogP contribution in [0.15, 0.2) is 41.1 Å². The van der Waals surface area contributed by atoms with Crippen molar-refractivity contribution in [1.82, 2.24) is 9.78 Å². The third-order valence-corrected chi connectivity index (χ3v) is 2.92. The Morgan fingerprint density at radius 3 is 2.94 bits per heavy atom. The number of nitrogens with two attached hydrogens (primary N) is 1. The molecule has 0 aliphatic heterocycles. The van der Waals surface area contributed by atoms with Crippen molar-refractivity contribution >= 4 is 15.9 Å². The fourth-order valence-corrected chi connectivity index (χ4v) is 2.03. The van der Waals surface area contributed by atoms with Crippen LogP contribution in [0.2, 0.25) is 0 Å². The Kier molecular flexibility index (Phi) is 3.41. The molecule has 2 N–H and O–H groups in total. The monoisotopic (exact) mass is 279 g/mol. The summed E-state index contributed by atoms with van der Waals surface area (Å²) >= 11 is 3.44. The summed E-state index contributed by atoms with van der Waals surface area (Å²) in [6.07, 6.45) is 3.84. The average Bonchev–Trinajstić information content (AvgIpc) is 2.64. The van der Waals surface area contributed by atoms with Crippen molar-refractivity contribution in [1.29, 1.82) is 0 Å². The van der Waals surface area contributed by atoms with E-state index in [9.17, 15) is 0 Å². The summed E-state index contributed by atoms with van der Waals surface area (Å²) in [4.78, 5) is 0. The van der Waals surface area contributed by atoms with Crippen LogP contribution in [0.25, 0.3) is 0 Å². The van der Waals surface area contributed by atoms with Gasteiger partial charge in [-0.1, -0.05) is 28.1 Å². The van der Waals surface area contributed by atoms with Crippen molar-refractivity contribution in [3.8, 4) is 0 Å². The van der Waals surface area contributed by atoms with E-state index in [1.54, 1.807) is 0 Å². The summed E-state index contributed by atoms with van der Waals surface area (Å²) in [7, 11) is 0. The molecule has 2 rings (SSSR count). The SMILES string of the molecule is Cc1cnn(CC(N)c2cccc(Br)c2)c1. The van der Waals surface area contributed by atoms with Crippen LogP contribution < -0.4 is 5.73 Å². The van der Waals surface area contributed by atoms with E-state index in [4.69, 9.17) is 5.73 Å². The summed E-state index contributed by atoms with van der Waals surface area (Å²) in [5.74, 6) is 0. The fraction of sp³-hybridized carbons (Fsp3) is 0.250. The summed E-state index contributed by atoms with van der Waals surface area (Å²) in [6, 6.07) is 8.03. The van der Waals surface area contributed by atoms with E-state index in [2.05, 4.69) is 21.0 Å². The Hall–Kier alpha value is -1.13. The fourth-order valence-electron chi connectivity index (χ4n) is 1.61. The van der Waals surface area contributed by atoms with Crippen LogP contribution in [0.5, 0.6) is 0 Å². The highest BCUT2D eigenvalue weighted by Crippen LogP contribution is 2.17. The quantitative estimate of drug-likeness (QED) is 0.939. The number of hydrogen-bond acceptors (Lipinski definition) is 2. The molecule has 0 aliphatic carbocycles. The van der Waals surface area contributed by atoms with Crippen LogP contribution in [0.4, 0.5) is 0 Å². The van der Waals surface area contributed by atoms with Gasteiger partial charge in [0.2, 0.25) is 0 Å². The number of hydrogen-bond donors (Lipinski definition) is 1. The zero-order chi connectivity index (χ0) is 11.5. The Bertz CT molecular complexity index is 479. The van der Waals surface area contributed by atoms with E-state index in [0.717, 1.165) is 15.6 Å². The largest absolute Gasteiger partial charge is 0.322 e. The maximum atomic E-state index is 6.12. The van der Waals surface area contributed by atoms with E-state index < -0.39 is 0 Å². The van der Waals surface area contributed by atoms with Gasteiger partial charge in [0, 0.05) is 16.7 Å². The molecule has 1 heterocycles. The lowest BCUT2D eigenvalue weighted by atomic mass is 10.1. The lowest BCUT2D eigenvalue weighted by molar-refractivity contribution is 0.527. The minimum absolute atomic E-state index is 0.0307. The van der Waals surface area contributed by atoms with Gasteiger partial charge in [0.1, 0.15) is 0 Å². The van der Waals surface area contributed by atoms with E-state index in [1.165, 1.54) is 0 Å². The second-order valence-electron chi connectivity index (χ2n) is 3.90. The highest BCUT2D eigenvalue weighted by Gasteiger charge is 2.07. The molecular formula is C12H14BrN3. The van der Waals surface area contributed by atoms with Crippen molar-refractivity contribution in [2.75, 3.05) is 0 Å². The molecule has 84 valence electrons. The first-order chi connectivity index (χ1) is 7.65. The highest BCUT2D eigenvalue weighted by atomic mass is 79.9. The molecule has 2 aromatic rings. The van der Waals surface area contributed by atoms with E-state index in [1.807, 2.05) is 48.3 Å². The highest BCUT2D eigenvalue weighted by molar-refractivity contribution is 9.10. The molecule has 1 atom stereocenters. The molecule has 1 aromatic carbocycles. The van der Waals surface area contributed by atoms with Crippen molar-refractivity contribution < 1.29 is 0 Å². The van der Waals surface area contributed by atoms with Gasteiger partial charge in [-0.3, -0.25) is 4.68 Å². The minimum atomic E-state index is -0.0307. The molecule has 0 aliphatic rings. The van der Waals surface area contributed by atoms with Gasteiger partial charge in [-0.2, -0.15) is 5.10 Å². The number of nitrogens with zero attached hydrogens (tertiary/aromatic N) is 2. The smallest absolute Gasteiger partial charge is 0.0602 e. The summed E-state index contributed by atoms with van der Waals surface area (Å²) in [5.41, 5.74) is 8.39. The zero-order valence-corrected chi connectivity index (χ0v) is 10.7. The van der Waals surface area contributed by atoms with Crippen LogP contribution in [0.3, 0.4) is 0 Å². The van der Waals surface area contributed by atoms with Crippen molar-refractivity contribution in [2.45, 2.75) is 19.5 Å². The van der Waals surface area contributed by atoms with Gasteiger partial charge in [-0.25, -0.2) is 0 Å². The molecule has 0 spiro atoms. The van der Waals surface area contributed by atoms with Gasteiger partial charge in [0.15, 0.2) is 0 Å².